The molecule has 22 heavy (non-hydrogen) atoms. The lowest BCUT2D eigenvalue weighted by atomic mass is 10.1. The third-order valence-electron chi connectivity index (χ3n) is 4.83. The van der Waals surface area contributed by atoms with Crippen molar-refractivity contribution in [3.63, 3.8) is 0 Å². The highest BCUT2D eigenvalue weighted by Gasteiger charge is 2.39. The molecular weight excluding hydrogens is 276 g/mol. The minimum absolute atomic E-state index is 0.0807. The van der Waals surface area contributed by atoms with Crippen LogP contribution in [0.2, 0.25) is 0 Å². The highest BCUT2D eigenvalue weighted by Crippen LogP contribution is 2.46. The van der Waals surface area contributed by atoms with E-state index in [1.165, 1.54) is 4.57 Å². The van der Waals surface area contributed by atoms with E-state index in [0.29, 0.717) is 5.69 Å². The molecule has 2 aromatic carbocycles. The van der Waals surface area contributed by atoms with Gasteiger partial charge in [0.15, 0.2) is 0 Å². The predicted octanol–water partition coefficient (Wildman–Crippen LogP) is 3.10. The molecule has 1 N–H and O–H groups in total. The summed E-state index contributed by atoms with van der Waals surface area (Å²) in [6, 6.07) is 13.9. The topological polar surface area (TPSA) is 47.2 Å². The molecule has 0 amide bonds. The van der Waals surface area contributed by atoms with Crippen molar-refractivity contribution in [2.75, 3.05) is 0 Å². The fourth-order valence-corrected chi connectivity index (χ4v) is 3.81. The van der Waals surface area contributed by atoms with Gasteiger partial charge in [-0.1, -0.05) is 42.5 Å². The van der Waals surface area contributed by atoms with Gasteiger partial charge in [0.25, 0.3) is 0 Å². The first-order chi connectivity index (χ1) is 10.7. The summed E-state index contributed by atoms with van der Waals surface area (Å²) < 4.78 is 3.16. The maximum absolute atomic E-state index is 12.7. The van der Waals surface area contributed by atoms with Crippen LogP contribution in [-0.2, 0) is 0 Å². The van der Waals surface area contributed by atoms with Gasteiger partial charge in [-0.15, -0.1) is 0 Å². The standard InChI is InChI=1S/C18H14N2O2/c21-17-16-13-6-8-14(10-13)19(16)18(22)20(17)15-7-5-11-3-1-2-4-12(11)9-15/h1-9,13-14,21H,10H2/t13-,14+/m1/s1. The van der Waals surface area contributed by atoms with E-state index in [1.54, 1.807) is 4.57 Å². The zero-order chi connectivity index (χ0) is 14.8. The number of aromatic nitrogens is 2. The molecule has 0 saturated carbocycles. The van der Waals surface area contributed by atoms with Crippen molar-refractivity contribution in [1.29, 1.82) is 0 Å². The average Bonchev–Trinajstić information content (AvgIpc) is 3.21. The molecule has 1 aliphatic heterocycles. The lowest BCUT2D eigenvalue weighted by Crippen LogP contribution is -2.24. The summed E-state index contributed by atoms with van der Waals surface area (Å²) in [7, 11) is 0. The Labute approximate surface area is 126 Å². The third-order valence-corrected chi connectivity index (χ3v) is 4.83. The van der Waals surface area contributed by atoms with Crippen LogP contribution in [0.4, 0.5) is 0 Å². The Balaban J connectivity index is 1.78. The minimum atomic E-state index is -0.153. The van der Waals surface area contributed by atoms with Crippen molar-refractivity contribution in [2.45, 2.75) is 18.4 Å². The van der Waals surface area contributed by atoms with Crippen molar-refractivity contribution in [3.05, 3.63) is 70.8 Å². The molecule has 4 nitrogen and oxygen atoms in total. The summed E-state index contributed by atoms with van der Waals surface area (Å²) in [6.45, 7) is 0. The van der Waals surface area contributed by atoms with E-state index in [0.717, 1.165) is 22.9 Å². The second kappa shape index (κ2) is 3.91. The van der Waals surface area contributed by atoms with Gasteiger partial charge in [-0.05, 0) is 29.3 Å². The third kappa shape index (κ3) is 1.34. The molecule has 0 radical (unpaired) electrons. The first kappa shape index (κ1) is 11.9. The molecule has 0 unspecified atom stereocenters. The summed E-state index contributed by atoms with van der Waals surface area (Å²) in [5, 5.41) is 12.8. The first-order valence-electron chi connectivity index (χ1n) is 7.47. The Bertz CT molecular complexity index is 1010. The summed E-state index contributed by atoms with van der Waals surface area (Å²) in [5.74, 6) is 0.247. The zero-order valence-corrected chi connectivity index (χ0v) is 11.8. The van der Waals surface area contributed by atoms with Crippen molar-refractivity contribution in [2.24, 2.45) is 0 Å². The molecule has 0 fully saturated rings. The quantitative estimate of drug-likeness (QED) is 0.700. The summed E-state index contributed by atoms with van der Waals surface area (Å²) in [6.07, 6.45) is 5.05. The van der Waals surface area contributed by atoms with E-state index in [2.05, 4.69) is 12.2 Å². The maximum atomic E-state index is 12.7. The number of rotatable bonds is 1. The number of hydrogen-bond donors (Lipinski definition) is 1. The smallest absolute Gasteiger partial charge is 0.336 e. The summed E-state index contributed by atoms with van der Waals surface area (Å²) >= 11 is 0. The highest BCUT2D eigenvalue weighted by molar-refractivity contribution is 5.84. The molecule has 3 aromatic rings. The molecule has 5 rings (SSSR count). The van der Waals surface area contributed by atoms with Crippen molar-refractivity contribution in [3.8, 4) is 11.6 Å². The number of benzene rings is 2. The van der Waals surface area contributed by atoms with Gasteiger partial charge in [-0.2, -0.15) is 0 Å². The Hall–Kier alpha value is -2.75. The number of imidazole rings is 1. The number of aromatic hydroxyl groups is 1. The molecule has 1 aromatic heterocycles. The fraction of sp³-hybridized carbons (Fsp3) is 0.167. The molecular formula is C18H14N2O2. The van der Waals surface area contributed by atoms with Crippen LogP contribution >= 0.6 is 0 Å². The van der Waals surface area contributed by atoms with Gasteiger partial charge in [-0.3, -0.25) is 4.57 Å². The first-order valence-corrected chi connectivity index (χ1v) is 7.47. The van der Waals surface area contributed by atoms with Crippen molar-refractivity contribution < 1.29 is 5.11 Å². The molecule has 2 bridgehead atoms. The molecule has 0 spiro atoms. The van der Waals surface area contributed by atoms with E-state index in [4.69, 9.17) is 0 Å². The van der Waals surface area contributed by atoms with Crippen molar-refractivity contribution in [1.82, 2.24) is 9.13 Å². The number of hydrogen-bond acceptors (Lipinski definition) is 2. The van der Waals surface area contributed by atoms with E-state index in [-0.39, 0.29) is 23.5 Å². The van der Waals surface area contributed by atoms with Gasteiger partial charge < -0.3 is 5.11 Å². The number of nitrogens with zero attached hydrogens (tertiary/aromatic N) is 2. The second-order valence-corrected chi connectivity index (χ2v) is 6.02. The molecule has 0 saturated heterocycles. The molecule has 2 atom stereocenters. The fourth-order valence-electron chi connectivity index (χ4n) is 3.81. The van der Waals surface area contributed by atoms with E-state index in [9.17, 15) is 9.90 Å². The van der Waals surface area contributed by atoms with E-state index >= 15 is 0 Å². The Morgan fingerprint density at radius 3 is 2.68 bits per heavy atom. The minimum Gasteiger partial charge on any atom is -0.493 e. The second-order valence-electron chi connectivity index (χ2n) is 6.02. The van der Waals surface area contributed by atoms with Crippen LogP contribution in [0.3, 0.4) is 0 Å². The van der Waals surface area contributed by atoms with Crippen LogP contribution < -0.4 is 5.69 Å². The Morgan fingerprint density at radius 2 is 1.86 bits per heavy atom. The lowest BCUT2D eigenvalue weighted by molar-refractivity contribution is 0.433. The maximum Gasteiger partial charge on any atom is 0.336 e. The van der Waals surface area contributed by atoms with Crippen LogP contribution in [-0.4, -0.2) is 14.2 Å². The zero-order valence-electron chi connectivity index (χ0n) is 11.8. The molecule has 2 heterocycles. The van der Waals surface area contributed by atoms with Crippen molar-refractivity contribution >= 4 is 10.8 Å². The molecule has 2 aliphatic rings. The number of allylic oxidation sites excluding steroid dienone is 2. The molecule has 4 heteroatoms. The van der Waals surface area contributed by atoms with E-state index in [1.807, 2.05) is 42.5 Å². The van der Waals surface area contributed by atoms with Crippen LogP contribution in [0.25, 0.3) is 16.5 Å². The van der Waals surface area contributed by atoms with E-state index < -0.39 is 0 Å². The van der Waals surface area contributed by atoms with Crippen LogP contribution in [0, 0.1) is 0 Å². The average molecular weight is 290 g/mol. The van der Waals surface area contributed by atoms with Crippen LogP contribution in [0.15, 0.2) is 59.4 Å². The van der Waals surface area contributed by atoms with Crippen LogP contribution in [0.5, 0.6) is 5.88 Å². The highest BCUT2D eigenvalue weighted by atomic mass is 16.3. The largest absolute Gasteiger partial charge is 0.493 e. The Morgan fingerprint density at radius 1 is 1.05 bits per heavy atom. The van der Waals surface area contributed by atoms with Gasteiger partial charge >= 0.3 is 5.69 Å². The SMILES string of the molecule is O=c1n(-c2ccc3ccccc3c2)c(O)c2n1[C@H]1C=C[C@@H]2C1. The van der Waals surface area contributed by atoms with Gasteiger partial charge in [0.05, 0.1) is 17.4 Å². The number of fused-ring (bicyclic) bond motifs is 6. The van der Waals surface area contributed by atoms with Crippen LogP contribution in [0.1, 0.15) is 24.1 Å². The van der Waals surface area contributed by atoms with Gasteiger partial charge in [0.1, 0.15) is 0 Å². The van der Waals surface area contributed by atoms with Gasteiger partial charge in [-0.25, -0.2) is 9.36 Å². The normalized spacial score (nSPS) is 21.6. The lowest BCUT2D eigenvalue weighted by Gasteiger charge is -2.07. The molecule has 108 valence electrons. The Kier molecular flexibility index (Phi) is 2.11. The van der Waals surface area contributed by atoms with Gasteiger partial charge in [0, 0.05) is 5.92 Å². The monoisotopic (exact) mass is 290 g/mol. The summed E-state index contributed by atoms with van der Waals surface area (Å²) in [4.78, 5) is 12.7. The predicted molar refractivity (Wildman–Crippen MR) is 84.7 cm³/mol. The van der Waals surface area contributed by atoms with Gasteiger partial charge in [0.2, 0.25) is 5.88 Å². The molecule has 1 aliphatic carbocycles. The summed E-state index contributed by atoms with van der Waals surface area (Å²) in [5.41, 5.74) is 1.31.